The molecule has 0 spiro atoms. The van der Waals surface area contributed by atoms with E-state index in [0.29, 0.717) is 18.7 Å². The molecule has 1 amide bonds. The highest BCUT2D eigenvalue weighted by Crippen LogP contribution is 2.11. The van der Waals surface area contributed by atoms with Crippen LogP contribution in [0, 0.1) is 3.57 Å². The average Bonchev–Trinajstić information content (AvgIpc) is 2.61. The zero-order chi connectivity index (χ0) is 16.8. The molecule has 5 heteroatoms. The summed E-state index contributed by atoms with van der Waals surface area (Å²) in [6, 6.07) is 18.0. The minimum absolute atomic E-state index is 0.0363. The fourth-order valence-corrected chi connectivity index (χ4v) is 3.37. The number of rotatable bonds is 5. The van der Waals surface area contributed by atoms with Crippen LogP contribution in [0.1, 0.15) is 15.9 Å². The second-order valence-electron chi connectivity index (χ2n) is 5.93. The lowest BCUT2D eigenvalue weighted by Gasteiger charge is -2.33. The molecule has 1 aliphatic rings. The summed E-state index contributed by atoms with van der Waals surface area (Å²) in [6.45, 7) is 3.93. The van der Waals surface area contributed by atoms with Gasteiger partial charge >= 0.3 is 0 Å². The lowest BCUT2D eigenvalue weighted by atomic mass is 10.2. The van der Waals surface area contributed by atoms with Crippen molar-refractivity contribution in [1.29, 1.82) is 0 Å². The van der Waals surface area contributed by atoms with Gasteiger partial charge in [0.2, 0.25) is 0 Å². The summed E-state index contributed by atoms with van der Waals surface area (Å²) in [6.07, 6.45) is 0.0363. The maximum Gasteiger partial charge on any atom is 0.251 e. The highest BCUT2D eigenvalue weighted by molar-refractivity contribution is 14.1. The van der Waals surface area contributed by atoms with E-state index < -0.39 is 0 Å². The standard InChI is InChI=1S/C19H21IN2O2/c20-17-8-4-7-16(11-17)19(23)21-12-18-14-22(9-10-24-18)13-15-5-2-1-3-6-15/h1-8,11,18H,9-10,12-14H2,(H,21,23)/t18-/m1/s1. The third-order valence-electron chi connectivity index (χ3n) is 4.05. The van der Waals surface area contributed by atoms with Crippen molar-refractivity contribution in [2.24, 2.45) is 0 Å². The van der Waals surface area contributed by atoms with E-state index in [2.05, 4.69) is 57.1 Å². The van der Waals surface area contributed by atoms with Gasteiger partial charge in [0.05, 0.1) is 12.7 Å². The molecule has 1 heterocycles. The molecule has 2 aromatic rings. The van der Waals surface area contributed by atoms with Crippen LogP contribution < -0.4 is 5.32 Å². The van der Waals surface area contributed by atoms with Gasteiger partial charge in [-0.25, -0.2) is 0 Å². The number of nitrogens with zero attached hydrogens (tertiary/aromatic N) is 1. The molecule has 2 aromatic carbocycles. The summed E-state index contributed by atoms with van der Waals surface area (Å²) >= 11 is 2.21. The number of morpholine rings is 1. The van der Waals surface area contributed by atoms with Crippen LogP contribution in [0.15, 0.2) is 54.6 Å². The van der Waals surface area contributed by atoms with E-state index >= 15 is 0 Å². The van der Waals surface area contributed by atoms with E-state index in [1.54, 1.807) is 0 Å². The Hall–Kier alpha value is -1.44. The first-order chi connectivity index (χ1) is 11.7. The Morgan fingerprint density at radius 3 is 2.83 bits per heavy atom. The molecule has 0 bridgehead atoms. The Bertz CT molecular complexity index is 678. The number of amides is 1. The topological polar surface area (TPSA) is 41.6 Å². The van der Waals surface area contributed by atoms with Gasteiger partial charge in [0, 0.05) is 35.3 Å². The van der Waals surface area contributed by atoms with Crippen molar-refractivity contribution in [2.45, 2.75) is 12.6 Å². The van der Waals surface area contributed by atoms with Crippen molar-refractivity contribution < 1.29 is 9.53 Å². The van der Waals surface area contributed by atoms with Crippen molar-refractivity contribution in [3.8, 4) is 0 Å². The highest BCUT2D eigenvalue weighted by Gasteiger charge is 2.21. The maximum atomic E-state index is 12.2. The van der Waals surface area contributed by atoms with Crippen molar-refractivity contribution in [3.05, 3.63) is 69.3 Å². The molecule has 0 unspecified atom stereocenters. The SMILES string of the molecule is O=C(NC[C@@H]1CN(Cc2ccccc2)CCO1)c1cccc(I)c1. The molecule has 1 fully saturated rings. The highest BCUT2D eigenvalue weighted by atomic mass is 127. The first-order valence-electron chi connectivity index (χ1n) is 8.12. The Morgan fingerprint density at radius 1 is 1.21 bits per heavy atom. The van der Waals surface area contributed by atoms with Crippen LogP contribution in [0.4, 0.5) is 0 Å². The Balaban J connectivity index is 1.49. The van der Waals surface area contributed by atoms with E-state index in [1.165, 1.54) is 5.56 Å². The van der Waals surface area contributed by atoms with Crippen LogP contribution in [-0.4, -0.2) is 43.2 Å². The molecule has 1 saturated heterocycles. The number of hydrogen-bond donors (Lipinski definition) is 1. The van der Waals surface area contributed by atoms with Crippen LogP contribution in [0.3, 0.4) is 0 Å². The number of benzene rings is 2. The fourth-order valence-electron chi connectivity index (χ4n) is 2.83. The van der Waals surface area contributed by atoms with Crippen LogP contribution >= 0.6 is 22.6 Å². The summed E-state index contributed by atoms with van der Waals surface area (Å²) in [5, 5.41) is 2.99. The van der Waals surface area contributed by atoms with E-state index in [-0.39, 0.29) is 12.0 Å². The monoisotopic (exact) mass is 436 g/mol. The minimum Gasteiger partial charge on any atom is -0.374 e. The second-order valence-corrected chi connectivity index (χ2v) is 7.18. The van der Waals surface area contributed by atoms with Crippen LogP contribution in [0.5, 0.6) is 0 Å². The smallest absolute Gasteiger partial charge is 0.251 e. The molecule has 0 aliphatic carbocycles. The molecule has 126 valence electrons. The molecular formula is C19H21IN2O2. The first-order valence-corrected chi connectivity index (χ1v) is 9.20. The molecule has 24 heavy (non-hydrogen) atoms. The van der Waals surface area contributed by atoms with Gasteiger partial charge in [0.15, 0.2) is 0 Å². The van der Waals surface area contributed by atoms with Gasteiger partial charge in [-0.2, -0.15) is 0 Å². The van der Waals surface area contributed by atoms with E-state index in [1.807, 2.05) is 30.3 Å². The number of carbonyl (C=O) groups excluding carboxylic acids is 1. The van der Waals surface area contributed by atoms with E-state index in [0.717, 1.165) is 23.2 Å². The van der Waals surface area contributed by atoms with E-state index in [9.17, 15) is 4.79 Å². The normalized spacial score (nSPS) is 18.3. The number of ether oxygens (including phenoxy) is 1. The Labute approximate surface area is 156 Å². The molecular weight excluding hydrogens is 415 g/mol. The third kappa shape index (κ3) is 5.03. The zero-order valence-corrected chi connectivity index (χ0v) is 15.6. The minimum atomic E-state index is -0.0442. The van der Waals surface area contributed by atoms with Crippen LogP contribution in [0.2, 0.25) is 0 Å². The summed E-state index contributed by atoms with van der Waals surface area (Å²) in [4.78, 5) is 14.6. The molecule has 0 aromatic heterocycles. The molecule has 0 saturated carbocycles. The molecule has 3 rings (SSSR count). The summed E-state index contributed by atoms with van der Waals surface area (Å²) < 4.78 is 6.86. The van der Waals surface area contributed by atoms with Gasteiger partial charge in [-0.05, 0) is 46.4 Å². The fraction of sp³-hybridized carbons (Fsp3) is 0.316. The number of halogens is 1. The summed E-state index contributed by atoms with van der Waals surface area (Å²) in [7, 11) is 0. The lowest BCUT2D eigenvalue weighted by Crippen LogP contribution is -2.47. The summed E-state index contributed by atoms with van der Waals surface area (Å²) in [5.74, 6) is -0.0442. The van der Waals surface area contributed by atoms with Crippen molar-refractivity contribution >= 4 is 28.5 Å². The summed E-state index contributed by atoms with van der Waals surface area (Å²) in [5.41, 5.74) is 2.00. The first kappa shape index (κ1) is 17.4. The predicted molar refractivity (Wildman–Crippen MR) is 103 cm³/mol. The van der Waals surface area contributed by atoms with Gasteiger partial charge in [0.1, 0.15) is 0 Å². The number of hydrogen-bond acceptors (Lipinski definition) is 3. The quantitative estimate of drug-likeness (QED) is 0.734. The maximum absolute atomic E-state index is 12.2. The number of nitrogens with one attached hydrogen (secondary N) is 1. The van der Waals surface area contributed by atoms with E-state index in [4.69, 9.17) is 4.74 Å². The molecule has 0 radical (unpaired) electrons. The van der Waals surface area contributed by atoms with Gasteiger partial charge in [-0.15, -0.1) is 0 Å². The van der Waals surface area contributed by atoms with Crippen molar-refractivity contribution in [3.63, 3.8) is 0 Å². The van der Waals surface area contributed by atoms with Crippen LogP contribution in [0.25, 0.3) is 0 Å². The van der Waals surface area contributed by atoms with Gasteiger partial charge in [-0.1, -0.05) is 36.4 Å². The Morgan fingerprint density at radius 2 is 2.04 bits per heavy atom. The number of carbonyl (C=O) groups is 1. The van der Waals surface area contributed by atoms with Crippen LogP contribution in [-0.2, 0) is 11.3 Å². The largest absolute Gasteiger partial charge is 0.374 e. The molecule has 4 nitrogen and oxygen atoms in total. The Kier molecular flexibility index (Phi) is 6.23. The molecule has 1 atom stereocenters. The molecule has 1 N–H and O–H groups in total. The average molecular weight is 436 g/mol. The lowest BCUT2D eigenvalue weighted by molar-refractivity contribution is -0.0292. The van der Waals surface area contributed by atoms with Gasteiger partial charge in [0.25, 0.3) is 5.91 Å². The van der Waals surface area contributed by atoms with Gasteiger partial charge < -0.3 is 10.1 Å². The molecule has 1 aliphatic heterocycles. The second kappa shape index (κ2) is 8.60. The van der Waals surface area contributed by atoms with Crippen molar-refractivity contribution in [1.82, 2.24) is 10.2 Å². The van der Waals surface area contributed by atoms with Gasteiger partial charge in [-0.3, -0.25) is 9.69 Å². The zero-order valence-electron chi connectivity index (χ0n) is 13.5. The van der Waals surface area contributed by atoms with Crippen molar-refractivity contribution in [2.75, 3.05) is 26.2 Å². The predicted octanol–water partition coefficient (Wildman–Crippen LogP) is 2.92. The third-order valence-corrected chi connectivity index (χ3v) is 4.72.